The van der Waals surface area contributed by atoms with E-state index in [9.17, 15) is 4.79 Å². The van der Waals surface area contributed by atoms with Crippen LogP contribution in [-0.2, 0) is 0 Å². The Kier molecular flexibility index (Phi) is 4.11. The van der Waals surface area contributed by atoms with E-state index in [1.807, 2.05) is 55.5 Å². The quantitative estimate of drug-likeness (QED) is 0.695. The summed E-state index contributed by atoms with van der Waals surface area (Å²) < 4.78 is 6.64. The highest BCUT2D eigenvalue weighted by Gasteiger charge is 2.12. The average Bonchev–Trinajstić information content (AvgIpc) is 3.00. The largest absolute Gasteiger partial charge is 0.451 e. The number of rotatable bonds is 3. The molecule has 3 aromatic rings. The summed E-state index contributed by atoms with van der Waals surface area (Å²) in [4.78, 5) is 12.2. The lowest BCUT2D eigenvalue weighted by atomic mass is 10.2. The molecule has 1 N–H and O–H groups in total. The molecule has 0 aliphatic carbocycles. The number of anilines is 1. The third kappa shape index (κ3) is 3.28. The van der Waals surface area contributed by atoms with Crippen LogP contribution in [0.1, 0.15) is 16.1 Å². The van der Waals surface area contributed by atoms with Gasteiger partial charge >= 0.3 is 0 Å². The molecule has 0 spiro atoms. The van der Waals surface area contributed by atoms with Crippen LogP contribution in [0.5, 0.6) is 0 Å². The summed E-state index contributed by atoms with van der Waals surface area (Å²) in [5, 5.41) is 2.82. The molecule has 2 aromatic carbocycles. The summed E-state index contributed by atoms with van der Waals surface area (Å²) in [6.45, 7) is 2.00. The van der Waals surface area contributed by atoms with Crippen molar-refractivity contribution in [1.82, 2.24) is 0 Å². The van der Waals surface area contributed by atoms with E-state index < -0.39 is 0 Å². The molecule has 4 heteroatoms. The van der Waals surface area contributed by atoms with Gasteiger partial charge in [-0.1, -0.05) is 45.8 Å². The third-order valence-corrected chi connectivity index (χ3v) is 3.80. The Morgan fingerprint density at radius 1 is 0.955 bits per heavy atom. The zero-order chi connectivity index (χ0) is 15.5. The Morgan fingerprint density at radius 3 is 2.32 bits per heavy atom. The summed E-state index contributed by atoms with van der Waals surface area (Å²) in [7, 11) is 0. The minimum Gasteiger partial charge on any atom is -0.451 e. The molecule has 22 heavy (non-hydrogen) atoms. The number of amides is 1. The number of hydrogen-bond acceptors (Lipinski definition) is 2. The first-order valence-corrected chi connectivity index (χ1v) is 7.65. The van der Waals surface area contributed by atoms with Gasteiger partial charge in [0.15, 0.2) is 5.76 Å². The summed E-state index contributed by atoms with van der Waals surface area (Å²) in [6.07, 6.45) is 0. The van der Waals surface area contributed by atoms with Crippen LogP contribution in [0, 0.1) is 6.92 Å². The van der Waals surface area contributed by atoms with Crippen molar-refractivity contribution in [2.24, 2.45) is 0 Å². The highest BCUT2D eigenvalue weighted by Crippen LogP contribution is 2.24. The van der Waals surface area contributed by atoms with Crippen molar-refractivity contribution in [2.75, 3.05) is 5.32 Å². The second kappa shape index (κ2) is 6.20. The highest BCUT2D eigenvalue weighted by molar-refractivity contribution is 9.10. The Hall–Kier alpha value is -2.33. The lowest BCUT2D eigenvalue weighted by molar-refractivity contribution is 0.0997. The van der Waals surface area contributed by atoms with E-state index in [0.717, 1.165) is 21.3 Å². The number of benzene rings is 2. The fourth-order valence-electron chi connectivity index (χ4n) is 2.06. The van der Waals surface area contributed by atoms with E-state index in [1.165, 1.54) is 0 Å². The van der Waals surface area contributed by atoms with Gasteiger partial charge in [0.2, 0.25) is 0 Å². The molecule has 0 saturated carbocycles. The van der Waals surface area contributed by atoms with Gasteiger partial charge in [-0.3, -0.25) is 4.79 Å². The van der Waals surface area contributed by atoms with Crippen molar-refractivity contribution < 1.29 is 9.21 Å². The van der Waals surface area contributed by atoms with Crippen molar-refractivity contribution in [2.45, 2.75) is 6.92 Å². The van der Waals surface area contributed by atoms with Gasteiger partial charge < -0.3 is 9.73 Å². The molecule has 1 aromatic heterocycles. The molecule has 0 fully saturated rings. The van der Waals surface area contributed by atoms with E-state index in [0.29, 0.717) is 11.5 Å². The zero-order valence-electron chi connectivity index (χ0n) is 12.0. The third-order valence-electron chi connectivity index (χ3n) is 3.27. The topological polar surface area (TPSA) is 42.2 Å². The fraction of sp³-hybridized carbons (Fsp3) is 0.0556. The van der Waals surface area contributed by atoms with E-state index in [4.69, 9.17) is 4.42 Å². The van der Waals surface area contributed by atoms with Crippen molar-refractivity contribution in [3.8, 4) is 11.3 Å². The Morgan fingerprint density at radius 2 is 1.64 bits per heavy atom. The van der Waals surface area contributed by atoms with Crippen LogP contribution in [0.2, 0.25) is 0 Å². The Labute approximate surface area is 137 Å². The lowest BCUT2D eigenvalue weighted by Crippen LogP contribution is -2.10. The van der Waals surface area contributed by atoms with E-state index >= 15 is 0 Å². The molecule has 0 saturated heterocycles. The van der Waals surface area contributed by atoms with E-state index in [-0.39, 0.29) is 5.91 Å². The predicted octanol–water partition coefficient (Wildman–Crippen LogP) is 5.27. The van der Waals surface area contributed by atoms with Gasteiger partial charge in [-0.2, -0.15) is 0 Å². The maximum absolute atomic E-state index is 12.2. The zero-order valence-corrected chi connectivity index (χ0v) is 13.6. The summed E-state index contributed by atoms with van der Waals surface area (Å²) in [5.41, 5.74) is 2.82. The first kappa shape index (κ1) is 14.6. The first-order chi connectivity index (χ1) is 10.6. The van der Waals surface area contributed by atoms with Crippen LogP contribution in [0.4, 0.5) is 5.69 Å². The van der Waals surface area contributed by atoms with Crippen molar-refractivity contribution in [3.63, 3.8) is 0 Å². The SMILES string of the molecule is Cc1ccc(NC(=O)c2ccc(-c3ccc(Br)cc3)o2)cc1. The summed E-state index contributed by atoms with van der Waals surface area (Å²) in [5.74, 6) is 0.701. The number of hydrogen-bond donors (Lipinski definition) is 1. The molecule has 1 heterocycles. The standard InChI is InChI=1S/C18H14BrNO2/c1-12-2-8-15(9-3-12)20-18(21)17-11-10-16(22-17)13-4-6-14(19)7-5-13/h2-11H,1H3,(H,20,21). The number of furan rings is 1. The van der Waals surface area contributed by atoms with Crippen LogP contribution in [0.3, 0.4) is 0 Å². The fourth-order valence-corrected chi connectivity index (χ4v) is 2.32. The van der Waals surface area contributed by atoms with Crippen LogP contribution in [0.25, 0.3) is 11.3 Å². The van der Waals surface area contributed by atoms with Crippen LogP contribution < -0.4 is 5.32 Å². The van der Waals surface area contributed by atoms with Crippen LogP contribution >= 0.6 is 15.9 Å². The minimum absolute atomic E-state index is 0.257. The Balaban J connectivity index is 1.76. The molecule has 1 amide bonds. The maximum atomic E-state index is 12.2. The minimum atomic E-state index is -0.257. The van der Waals surface area contributed by atoms with Gasteiger partial charge in [-0.05, 0) is 43.3 Å². The lowest BCUT2D eigenvalue weighted by Gasteiger charge is -2.03. The number of carbonyl (C=O) groups is 1. The van der Waals surface area contributed by atoms with Gasteiger partial charge in [-0.15, -0.1) is 0 Å². The van der Waals surface area contributed by atoms with Crippen LogP contribution in [0.15, 0.2) is 69.6 Å². The van der Waals surface area contributed by atoms with E-state index in [1.54, 1.807) is 12.1 Å². The molecule has 0 atom stereocenters. The van der Waals surface area contributed by atoms with Gasteiger partial charge in [0, 0.05) is 15.7 Å². The molecule has 110 valence electrons. The van der Waals surface area contributed by atoms with Crippen LogP contribution in [-0.4, -0.2) is 5.91 Å². The van der Waals surface area contributed by atoms with Crippen molar-refractivity contribution in [3.05, 3.63) is 76.5 Å². The average molecular weight is 356 g/mol. The molecule has 0 radical (unpaired) electrons. The van der Waals surface area contributed by atoms with E-state index in [2.05, 4.69) is 21.2 Å². The summed E-state index contributed by atoms with van der Waals surface area (Å²) in [6, 6.07) is 18.9. The second-order valence-corrected chi connectivity index (χ2v) is 5.91. The molecule has 0 aliphatic heterocycles. The molecule has 3 nitrogen and oxygen atoms in total. The number of nitrogens with one attached hydrogen (secondary N) is 1. The van der Waals surface area contributed by atoms with Gasteiger partial charge in [0.25, 0.3) is 5.91 Å². The smallest absolute Gasteiger partial charge is 0.291 e. The van der Waals surface area contributed by atoms with Crippen molar-refractivity contribution >= 4 is 27.5 Å². The monoisotopic (exact) mass is 355 g/mol. The highest BCUT2D eigenvalue weighted by atomic mass is 79.9. The molecular weight excluding hydrogens is 342 g/mol. The summed E-state index contributed by atoms with van der Waals surface area (Å²) >= 11 is 3.39. The maximum Gasteiger partial charge on any atom is 0.291 e. The normalized spacial score (nSPS) is 10.5. The molecule has 0 unspecified atom stereocenters. The van der Waals surface area contributed by atoms with Gasteiger partial charge in [0.1, 0.15) is 5.76 Å². The second-order valence-electron chi connectivity index (χ2n) is 4.99. The molecule has 0 bridgehead atoms. The number of aryl methyl sites for hydroxylation is 1. The van der Waals surface area contributed by atoms with Gasteiger partial charge in [0.05, 0.1) is 0 Å². The first-order valence-electron chi connectivity index (χ1n) is 6.85. The number of carbonyl (C=O) groups excluding carboxylic acids is 1. The van der Waals surface area contributed by atoms with Crippen molar-refractivity contribution in [1.29, 1.82) is 0 Å². The predicted molar refractivity (Wildman–Crippen MR) is 91.0 cm³/mol. The molecule has 0 aliphatic rings. The molecular formula is C18H14BrNO2. The Bertz CT molecular complexity index is 789. The van der Waals surface area contributed by atoms with Gasteiger partial charge in [-0.25, -0.2) is 0 Å². The number of halogens is 1. The molecule has 3 rings (SSSR count).